The first kappa shape index (κ1) is 20.2. The molecule has 1 saturated heterocycles. The number of nitrogens with one attached hydrogen (secondary N) is 2. The summed E-state index contributed by atoms with van der Waals surface area (Å²) in [6.07, 6.45) is 4.22. The number of ether oxygens (including phenoxy) is 3. The first-order valence-corrected chi connectivity index (χ1v) is 11.2. The van der Waals surface area contributed by atoms with Crippen LogP contribution in [0.4, 0.5) is 0 Å². The summed E-state index contributed by atoms with van der Waals surface area (Å²) in [7, 11) is 3.42. The molecule has 1 atom stereocenters. The molecule has 5 rings (SSSR count). The van der Waals surface area contributed by atoms with Crippen molar-refractivity contribution >= 4 is 5.70 Å². The minimum absolute atomic E-state index is 0.0839. The lowest BCUT2D eigenvalue weighted by Crippen LogP contribution is -3.16. The molecule has 0 aliphatic carbocycles. The van der Waals surface area contributed by atoms with Crippen LogP contribution in [-0.4, -0.2) is 44.1 Å². The highest BCUT2D eigenvalue weighted by Gasteiger charge is 2.53. The van der Waals surface area contributed by atoms with Gasteiger partial charge in [0.05, 0.1) is 57.9 Å². The van der Waals surface area contributed by atoms with Gasteiger partial charge in [0.1, 0.15) is 5.75 Å². The Bertz CT molecular complexity index is 995. The Balaban J connectivity index is 1.56. The number of piperidine rings is 1. The Morgan fingerprint density at radius 2 is 1.87 bits per heavy atom. The molecule has 0 amide bonds. The summed E-state index contributed by atoms with van der Waals surface area (Å²) in [6.45, 7) is 6.77. The van der Waals surface area contributed by atoms with E-state index in [1.165, 1.54) is 0 Å². The number of likely N-dealkylation sites (tertiary alicyclic amines) is 1. The second-order valence-electron chi connectivity index (χ2n) is 8.98. The van der Waals surface area contributed by atoms with E-state index in [0.717, 1.165) is 60.0 Å². The topological polar surface area (TPSA) is 47.4 Å². The second-order valence-corrected chi connectivity index (χ2v) is 8.98. The average Bonchev–Trinajstić information content (AvgIpc) is 3.26. The fourth-order valence-electron chi connectivity index (χ4n) is 5.16. The molecule has 2 N–H and O–H groups in total. The molecular weight excluding hydrogens is 390 g/mol. The standard InChI is InChI=1S/C25H31N3O3/c1-17(2)27-13-11-25(12-14-27)28-22(20-9-6-10-23(30-4)24(20)31-25)16-21(26-28)18-7-5-8-19(15-18)29-3/h5-10,15-17,22,26H,11-14H2,1-4H3/p+1/t22-/m0/s1. The van der Waals surface area contributed by atoms with E-state index in [1.54, 1.807) is 19.1 Å². The maximum atomic E-state index is 6.82. The molecule has 31 heavy (non-hydrogen) atoms. The number of rotatable bonds is 4. The van der Waals surface area contributed by atoms with Crippen molar-refractivity contribution in [3.63, 3.8) is 0 Å². The van der Waals surface area contributed by atoms with Crippen LogP contribution >= 0.6 is 0 Å². The molecule has 0 aromatic heterocycles. The molecule has 0 saturated carbocycles. The van der Waals surface area contributed by atoms with Gasteiger partial charge in [-0.15, -0.1) is 0 Å². The van der Waals surface area contributed by atoms with Crippen LogP contribution in [0.3, 0.4) is 0 Å². The van der Waals surface area contributed by atoms with Crippen molar-refractivity contribution in [3.05, 3.63) is 59.7 Å². The smallest absolute Gasteiger partial charge is 0.191 e. The van der Waals surface area contributed by atoms with E-state index < -0.39 is 5.72 Å². The lowest BCUT2D eigenvalue weighted by Gasteiger charge is -2.51. The van der Waals surface area contributed by atoms with Crippen molar-refractivity contribution in [2.75, 3.05) is 27.3 Å². The highest BCUT2D eigenvalue weighted by atomic mass is 16.5. The van der Waals surface area contributed by atoms with Crippen LogP contribution in [0.2, 0.25) is 0 Å². The maximum absolute atomic E-state index is 6.82. The number of benzene rings is 2. The predicted molar refractivity (Wildman–Crippen MR) is 120 cm³/mol. The molecule has 0 bridgehead atoms. The minimum atomic E-state index is -0.401. The zero-order valence-corrected chi connectivity index (χ0v) is 18.8. The van der Waals surface area contributed by atoms with E-state index in [2.05, 4.69) is 48.6 Å². The number of quaternary nitrogens is 1. The van der Waals surface area contributed by atoms with E-state index in [4.69, 9.17) is 14.2 Å². The largest absolute Gasteiger partial charge is 0.497 e. The van der Waals surface area contributed by atoms with E-state index in [9.17, 15) is 0 Å². The Kier molecular flexibility index (Phi) is 5.07. The molecule has 0 unspecified atom stereocenters. The third-order valence-electron chi connectivity index (χ3n) is 6.99. The van der Waals surface area contributed by atoms with Crippen molar-refractivity contribution in [2.24, 2.45) is 0 Å². The normalized spacial score (nSPS) is 27.2. The van der Waals surface area contributed by atoms with E-state index in [1.807, 2.05) is 24.3 Å². The summed E-state index contributed by atoms with van der Waals surface area (Å²) < 4.78 is 18.0. The molecule has 0 radical (unpaired) electrons. The van der Waals surface area contributed by atoms with Gasteiger partial charge in [0.25, 0.3) is 0 Å². The second kappa shape index (κ2) is 7.77. The monoisotopic (exact) mass is 422 g/mol. The predicted octanol–water partition coefficient (Wildman–Crippen LogP) is 2.78. The molecule has 6 nitrogen and oxygen atoms in total. The summed E-state index contributed by atoms with van der Waals surface area (Å²) in [4.78, 5) is 1.64. The summed E-state index contributed by atoms with van der Waals surface area (Å²) in [5, 5.41) is 2.33. The van der Waals surface area contributed by atoms with Gasteiger partial charge in [-0.2, -0.15) is 5.01 Å². The Morgan fingerprint density at radius 3 is 2.58 bits per heavy atom. The van der Waals surface area contributed by atoms with Gasteiger partial charge in [-0.1, -0.05) is 24.3 Å². The lowest BCUT2D eigenvalue weighted by molar-refractivity contribution is -0.929. The Labute approximate surface area is 184 Å². The number of hydrogen-bond acceptors (Lipinski definition) is 5. The van der Waals surface area contributed by atoms with Crippen LogP contribution in [-0.2, 0) is 0 Å². The van der Waals surface area contributed by atoms with E-state index in [-0.39, 0.29) is 6.04 Å². The quantitative estimate of drug-likeness (QED) is 0.794. The fourth-order valence-corrected chi connectivity index (χ4v) is 5.16. The molecule has 6 heteroatoms. The molecule has 1 fully saturated rings. The molecule has 3 aliphatic rings. The molecule has 2 aromatic carbocycles. The SMILES string of the molecule is COc1cccc(C2=C[C@H]3c4cccc(OC)c4OC4(CC[NH+](C(C)C)CC4)N3N2)c1. The number of hydrogen-bond donors (Lipinski definition) is 2. The molecule has 3 aliphatic heterocycles. The van der Waals surface area contributed by atoms with E-state index in [0.29, 0.717) is 6.04 Å². The average molecular weight is 423 g/mol. The van der Waals surface area contributed by atoms with Gasteiger partial charge in [-0.25, -0.2) is 0 Å². The van der Waals surface area contributed by atoms with Crippen LogP contribution in [0.25, 0.3) is 5.70 Å². The van der Waals surface area contributed by atoms with E-state index >= 15 is 0 Å². The van der Waals surface area contributed by atoms with Gasteiger partial charge in [-0.3, -0.25) is 0 Å². The Morgan fingerprint density at radius 1 is 1.10 bits per heavy atom. The summed E-state index contributed by atoms with van der Waals surface area (Å²) in [6, 6.07) is 15.1. The minimum Gasteiger partial charge on any atom is -0.497 e. The lowest BCUT2D eigenvalue weighted by atomic mass is 9.92. The fraction of sp³-hybridized carbons (Fsp3) is 0.440. The van der Waals surface area contributed by atoms with Gasteiger partial charge in [0, 0.05) is 11.1 Å². The van der Waals surface area contributed by atoms with Crippen molar-refractivity contribution in [3.8, 4) is 17.2 Å². The molecule has 3 heterocycles. The molecular formula is C25H32N3O3+. The number of para-hydroxylation sites is 1. The molecule has 164 valence electrons. The van der Waals surface area contributed by atoms with Gasteiger partial charge < -0.3 is 24.5 Å². The maximum Gasteiger partial charge on any atom is 0.191 e. The van der Waals surface area contributed by atoms with Crippen LogP contribution in [0.1, 0.15) is 43.9 Å². The van der Waals surface area contributed by atoms with Gasteiger partial charge in [0.15, 0.2) is 17.2 Å². The van der Waals surface area contributed by atoms with Crippen molar-refractivity contribution < 1.29 is 19.1 Å². The van der Waals surface area contributed by atoms with Crippen LogP contribution < -0.4 is 24.5 Å². The van der Waals surface area contributed by atoms with Crippen molar-refractivity contribution in [2.45, 2.75) is 44.5 Å². The highest BCUT2D eigenvalue weighted by Crippen LogP contribution is 2.50. The summed E-state index contributed by atoms with van der Waals surface area (Å²) in [5.41, 5.74) is 6.63. The summed E-state index contributed by atoms with van der Waals surface area (Å²) in [5.74, 6) is 2.54. The van der Waals surface area contributed by atoms with Crippen molar-refractivity contribution in [1.82, 2.24) is 10.4 Å². The van der Waals surface area contributed by atoms with Gasteiger partial charge >= 0.3 is 0 Å². The number of fused-ring (bicyclic) bond motifs is 4. The molecule has 1 spiro atoms. The first-order chi connectivity index (χ1) is 15.0. The number of methoxy groups -OCH3 is 2. The zero-order valence-electron chi connectivity index (χ0n) is 18.8. The highest BCUT2D eigenvalue weighted by molar-refractivity contribution is 5.69. The molecule has 2 aromatic rings. The van der Waals surface area contributed by atoms with Gasteiger partial charge in [-0.05, 0) is 38.1 Å². The van der Waals surface area contributed by atoms with Crippen LogP contribution in [0.15, 0.2) is 48.5 Å². The zero-order chi connectivity index (χ0) is 21.6. The van der Waals surface area contributed by atoms with Crippen molar-refractivity contribution in [1.29, 1.82) is 0 Å². The van der Waals surface area contributed by atoms with Gasteiger partial charge in [0.2, 0.25) is 0 Å². The Hall–Kier alpha value is -2.70. The van der Waals surface area contributed by atoms with Crippen LogP contribution in [0.5, 0.6) is 17.2 Å². The summed E-state index contributed by atoms with van der Waals surface area (Å²) >= 11 is 0. The van der Waals surface area contributed by atoms with Crippen LogP contribution in [0, 0.1) is 0 Å². The number of nitrogens with zero attached hydrogens (tertiary/aromatic N) is 1. The number of hydrazine groups is 1. The third-order valence-corrected chi connectivity index (χ3v) is 6.99. The third kappa shape index (κ3) is 3.34. The first-order valence-electron chi connectivity index (χ1n) is 11.2.